The van der Waals surface area contributed by atoms with E-state index in [1.165, 1.54) is 10.4 Å². The van der Waals surface area contributed by atoms with Crippen LogP contribution in [0.15, 0.2) is 41.8 Å². The summed E-state index contributed by atoms with van der Waals surface area (Å²) in [6.07, 6.45) is 0.860. The van der Waals surface area contributed by atoms with Crippen molar-refractivity contribution in [3.8, 4) is 11.4 Å². The second-order valence-corrected chi connectivity index (χ2v) is 6.91. The van der Waals surface area contributed by atoms with E-state index >= 15 is 0 Å². The van der Waals surface area contributed by atoms with Crippen molar-refractivity contribution in [1.82, 2.24) is 19.8 Å². The lowest BCUT2D eigenvalue weighted by atomic mass is 10.1. The Bertz CT molecular complexity index is 872. The first-order chi connectivity index (χ1) is 10.3. The van der Waals surface area contributed by atoms with Gasteiger partial charge in [0.1, 0.15) is 5.01 Å². The van der Waals surface area contributed by atoms with Crippen molar-refractivity contribution in [1.29, 1.82) is 0 Å². The highest BCUT2D eigenvalue weighted by Crippen LogP contribution is 2.24. The van der Waals surface area contributed by atoms with E-state index in [-0.39, 0.29) is 0 Å². The van der Waals surface area contributed by atoms with Crippen molar-refractivity contribution in [3.63, 3.8) is 0 Å². The summed E-state index contributed by atoms with van der Waals surface area (Å²) in [5.74, 6) is 0.804. The van der Waals surface area contributed by atoms with Crippen molar-refractivity contribution < 1.29 is 0 Å². The van der Waals surface area contributed by atoms with Gasteiger partial charge in [-0.1, -0.05) is 47.2 Å². The maximum Gasteiger partial charge on any atom is 0.234 e. The van der Waals surface area contributed by atoms with Crippen LogP contribution in [-0.2, 0) is 6.42 Å². The fourth-order valence-electron chi connectivity index (χ4n) is 2.17. The van der Waals surface area contributed by atoms with Gasteiger partial charge < -0.3 is 0 Å². The maximum absolute atomic E-state index is 4.66. The summed E-state index contributed by atoms with van der Waals surface area (Å²) in [4.78, 5) is 2.16. The zero-order valence-corrected chi connectivity index (χ0v) is 13.0. The second kappa shape index (κ2) is 5.05. The largest absolute Gasteiger partial charge is 0.234 e. The SMILES string of the molecule is Cc1ccc(-c2nnc3sc(Cc4cccs4)nn23)cc1. The Morgan fingerprint density at radius 2 is 1.95 bits per heavy atom. The molecule has 4 nitrogen and oxygen atoms in total. The van der Waals surface area contributed by atoms with Crippen molar-refractivity contribution in [3.05, 3.63) is 57.2 Å². The molecule has 0 fully saturated rings. The number of thiophene rings is 1. The van der Waals surface area contributed by atoms with Crippen LogP contribution in [0.3, 0.4) is 0 Å². The Morgan fingerprint density at radius 1 is 1.10 bits per heavy atom. The molecule has 0 saturated heterocycles. The average Bonchev–Trinajstić information content (AvgIpc) is 3.17. The summed E-state index contributed by atoms with van der Waals surface area (Å²) >= 11 is 3.35. The first-order valence-corrected chi connectivity index (χ1v) is 8.30. The molecule has 3 aromatic heterocycles. The minimum absolute atomic E-state index is 0.804. The van der Waals surface area contributed by atoms with Gasteiger partial charge in [-0.2, -0.15) is 9.61 Å². The highest BCUT2D eigenvalue weighted by atomic mass is 32.1. The molecular formula is C15H12N4S2. The van der Waals surface area contributed by atoms with Crippen molar-refractivity contribution in [2.75, 3.05) is 0 Å². The van der Waals surface area contributed by atoms with Crippen molar-refractivity contribution in [2.24, 2.45) is 0 Å². The lowest BCUT2D eigenvalue weighted by Gasteiger charge is -1.97. The normalized spacial score (nSPS) is 11.3. The van der Waals surface area contributed by atoms with Crippen LogP contribution >= 0.6 is 22.7 Å². The van der Waals surface area contributed by atoms with E-state index in [4.69, 9.17) is 0 Å². The number of aryl methyl sites for hydroxylation is 1. The zero-order chi connectivity index (χ0) is 14.2. The van der Waals surface area contributed by atoms with Crippen LogP contribution < -0.4 is 0 Å². The summed E-state index contributed by atoms with van der Waals surface area (Å²) < 4.78 is 1.85. The summed E-state index contributed by atoms with van der Waals surface area (Å²) in [6.45, 7) is 2.07. The fraction of sp³-hybridized carbons (Fsp3) is 0.133. The zero-order valence-electron chi connectivity index (χ0n) is 11.4. The molecule has 4 rings (SSSR count). The van der Waals surface area contributed by atoms with E-state index < -0.39 is 0 Å². The smallest absolute Gasteiger partial charge is 0.183 e. The van der Waals surface area contributed by atoms with Gasteiger partial charge in [-0.05, 0) is 18.4 Å². The Balaban J connectivity index is 1.74. The average molecular weight is 312 g/mol. The predicted molar refractivity (Wildman–Crippen MR) is 86.0 cm³/mol. The van der Waals surface area contributed by atoms with E-state index in [1.807, 2.05) is 4.52 Å². The first-order valence-electron chi connectivity index (χ1n) is 6.60. The van der Waals surface area contributed by atoms with Gasteiger partial charge in [0, 0.05) is 16.9 Å². The minimum Gasteiger partial charge on any atom is -0.183 e. The van der Waals surface area contributed by atoms with Gasteiger partial charge in [0.05, 0.1) is 0 Å². The topological polar surface area (TPSA) is 43.1 Å². The lowest BCUT2D eigenvalue weighted by Crippen LogP contribution is -1.92. The Morgan fingerprint density at radius 3 is 2.71 bits per heavy atom. The molecular weight excluding hydrogens is 300 g/mol. The fourth-order valence-corrected chi connectivity index (χ4v) is 3.83. The van der Waals surface area contributed by atoms with Crippen LogP contribution in [0.5, 0.6) is 0 Å². The van der Waals surface area contributed by atoms with Crippen LogP contribution in [-0.4, -0.2) is 19.8 Å². The highest BCUT2D eigenvalue weighted by molar-refractivity contribution is 7.17. The number of nitrogens with zero attached hydrogens (tertiary/aromatic N) is 4. The predicted octanol–water partition coefficient (Wildman–Crippen LogP) is 3.81. The lowest BCUT2D eigenvalue weighted by molar-refractivity contribution is 0.921. The van der Waals surface area contributed by atoms with E-state index in [1.54, 1.807) is 22.7 Å². The number of fused-ring (bicyclic) bond motifs is 1. The monoisotopic (exact) mass is 312 g/mol. The standard InChI is InChI=1S/C15H12N4S2/c1-10-4-6-11(7-5-10)14-16-17-15-19(14)18-13(21-15)9-12-3-2-8-20-12/h2-8H,9H2,1H3. The molecule has 0 aliphatic rings. The third kappa shape index (κ3) is 2.36. The molecule has 0 radical (unpaired) electrons. The molecule has 0 atom stereocenters. The first kappa shape index (κ1) is 12.7. The third-order valence-corrected chi connectivity index (χ3v) is 5.02. The second-order valence-electron chi connectivity index (χ2n) is 4.84. The molecule has 0 bridgehead atoms. The molecule has 0 N–H and O–H groups in total. The molecule has 1 aromatic carbocycles. The molecule has 4 aromatic rings. The van der Waals surface area contributed by atoms with Gasteiger partial charge in [0.15, 0.2) is 5.82 Å². The molecule has 0 amide bonds. The Kier molecular flexibility index (Phi) is 3.05. The molecule has 3 heterocycles. The third-order valence-electron chi connectivity index (χ3n) is 3.25. The van der Waals surface area contributed by atoms with Gasteiger partial charge in [0.25, 0.3) is 0 Å². The number of hydrogen-bond acceptors (Lipinski definition) is 5. The quantitative estimate of drug-likeness (QED) is 0.577. The maximum atomic E-state index is 4.66. The molecule has 0 saturated carbocycles. The van der Waals surface area contributed by atoms with E-state index in [0.29, 0.717) is 0 Å². The summed E-state index contributed by atoms with van der Waals surface area (Å²) in [6, 6.07) is 12.5. The van der Waals surface area contributed by atoms with Gasteiger partial charge in [-0.15, -0.1) is 21.5 Å². The molecule has 0 aliphatic carbocycles. The van der Waals surface area contributed by atoms with Gasteiger partial charge in [-0.3, -0.25) is 0 Å². The molecule has 0 aliphatic heterocycles. The van der Waals surface area contributed by atoms with Crippen LogP contribution in [0.2, 0.25) is 0 Å². The molecule has 0 spiro atoms. The Hall–Kier alpha value is -2.05. The number of benzene rings is 1. The van der Waals surface area contributed by atoms with Gasteiger partial charge in [-0.25, -0.2) is 0 Å². The Labute approximate surface area is 129 Å². The summed E-state index contributed by atoms with van der Waals surface area (Å²) in [7, 11) is 0. The molecule has 21 heavy (non-hydrogen) atoms. The van der Waals surface area contributed by atoms with Gasteiger partial charge in [0.2, 0.25) is 4.96 Å². The van der Waals surface area contributed by atoms with Crippen LogP contribution in [0, 0.1) is 6.92 Å². The molecule has 104 valence electrons. The molecule has 0 unspecified atom stereocenters. The van der Waals surface area contributed by atoms with Crippen molar-refractivity contribution >= 4 is 27.6 Å². The van der Waals surface area contributed by atoms with Crippen molar-refractivity contribution in [2.45, 2.75) is 13.3 Å². The number of rotatable bonds is 3. The van der Waals surface area contributed by atoms with Crippen LogP contribution in [0.4, 0.5) is 0 Å². The number of aromatic nitrogens is 4. The van der Waals surface area contributed by atoms with E-state index in [2.05, 4.69) is 64.0 Å². The van der Waals surface area contributed by atoms with Crippen LogP contribution in [0.25, 0.3) is 16.3 Å². The summed E-state index contributed by atoms with van der Waals surface area (Å²) in [5.41, 5.74) is 2.28. The van der Waals surface area contributed by atoms with Gasteiger partial charge >= 0.3 is 0 Å². The van der Waals surface area contributed by atoms with E-state index in [0.717, 1.165) is 27.8 Å². The minimum atomic E-state index is 0.804. The summed E-state index contributed by atoms with van der Waals surface area (Å²) in [5, 5.41) is 16.3. The van der Waals surface area contributed by atoms with E-state index in [9.17, 15) is 0 Å². The molecule has 6 heteroatoms. The van der Waals surface area contributed by atoms with Crippen LogP contribution in [0.1, 0.15) is 15.4 Å². The number of hydrogen-bond donors (Lipinski definition) is 0. The highest BCUT2D eigenvalue weighted by Gasteiger charge is 2.13.